The van der Waals surface area contributed by atoms with Crippen LogP contribution in [-0.2, 0) is 0 Å². The van der Waals surface area contributed by atoms with Gasteiger partial charge in [-0.25, -0.2) is 0 Å². The van der Waals surface area contributed by atoms with Crippen molar-refractivity contribution in [1.29, 1.82) is 0 Å². The number of likely N-dealkylation sites (tertiary alicyclic amines) is 1. The average Bonchev–Trinajstić information content (AvgIpc) is 2.87. The van der Waals surface area contributed by atoms with Crippen molar-refractivity contribution in [3.05, 3.63) is 0 Å². The second-order valence-corrected chi connectivity index (χ2v) is 7.13. The summed E-state index contributed by atoms with van der Waals surface area (Å²) < 4.78 is 0. The zero-order valence-electron chi connectivity index (χ0n) is 11.6. The number of aliphatic hydroxyl groups excluding tert-OH is 1. The summed E-state index contributed by atoms with van der Waals surface area (Å²) in [7, 11) is 0. The fourth-order valence-corrected chi connectivity index (χ4v) is 4.54. The Hall–Kier alpha value is -0.120. The smallest absolute Gasteiger partial charge is 0.0583 e. The zero-order chi connectivity index (χ0) is 12.7. The van der Waals surface area contributed by atoms with Gasteiger partial charge in [0.25, 0.3) is 0 Å². The van der Waals surface area contributed by atoms with Crippen LogP contribution in [0.3, 0.4) is 0 Å². The van der Waals surface area contributed by atoms with E-state index in [0.717, 1.165) is 24.8 Å². The molecule has 3 fully saturated rings. The monoisotopic (exact) mass is 252 g/mol. The second kappa shape index (κ2) is 5.10. The first-order valence-electron chi connectivity index (χ1n) is 7.79. The second-order valence-electron chi connectivity index (χ2n) is 7.13. The summed E-state index contributed by atoms with van der Waals surface area (Å²) in [6.45, 7) is 5.86. The Labute approximate surface area is 111 Å². The lowest BCUT2D eigenvalue weighted by atomic mass is 9.79. The van der Waals surface area contributed by atoms with Crippen LogP contribution in [0.25, 0.3) is 0 Å². The number of nitrogens with zero attached hydrogens (tertiary/aromatic N) is 1. The summed E-state index contributed by atoms with van der Waals surface area (Å²) in [4.78, 5) is 2.58. The van der Waals surface area contributed by atoms with Gasteiger partial charge in [-0.3, -0.25) is 0 Å². The first-order chi connectivity index (χ1) is 8.63. The molecular weight excluding hydrogens is 224 g/mol. The fourth-order valence-electron chi connectivity index (χ4n) is 4.54. The van der Waals surface area contributed by atoms with E-state index in [0.29, 0.717) is 17.9 Å². The molecule has 2 saturated carbocycles. The molecule has 0 aromatic rings. The Kier molecular flexibility index (Phi) is 3.65. The molecule has 1 heterocycles. The Bertz CT molecular complexity index is 296. The molecule has 104 valence electrons. The van der Waals surface area contributed by atoms with Crippen LogP contribution in [0, 0.1) is 23.7 Å². The summed E-state index contributed by atoms with van der Waals surface area (Å²) >= 11 is 0. The molecule has 0 aromatic carbocycles. The summed E-state index contributed by atoms with van der Waals surface area (Å²) in [5.41, 5.74) is 6.29. The van der Waals surface area contributed by atoms with Gasteiger partial charge in [-0.05, 0) is 49.9 Å². The van der Waals surface area contributed by atoms with Crippen molar-refractivity contribution >= 4 is 0 Å². The van der Waals surface area contributed by atoms with Crippen molar-refractivity contribution in [2.75, 3.05) is 19.6 Å². The number of hydrogen-bond donors (Lipinski definition) is 2. The Morgan fingerprint density at radius 3 is 2.78 bits per heavy atom. The fraction of sp³-hybridized carbons (Fsp3) is 1.00. The molecule has 3 rings (SSSR count). The largest absolute Gasteiger partial charge is 0.393 e. The van der Waals surface area contributed by atoms with Crippen LogP contribution in [0.15, 0.2) is 0 Å². The highest BCUT2D eigenvalue weighted by molar-refractivity contribution is 4.95. The van der Waals surface area contributed by atoms with Crippen LogP contribution in [0.5, 0.6) is 0 Å². The Balaban J connectivity index is 1.54. The van der Waals surface area contributed by atoms with Gasteiger partial charge in [0.15, 0.2) is 0 Å². The van der Waals surface area contributed by atoms with Gasteiger partial charge in [-0.1, -0.05) is 6.92 Å². The third kappa shape index (κ3) is 2.45. The van der Waals surface area contributed by atoms with Crippen molar-refractivity contribution in [2.45, 2.75) is 51.2 Å². The number of fused-ring (bicyclic) bond motifs is 1. The SMILES string of the molecule is CC1CCC(N)C(CN2CC3CCC(O)C3C2)C1. The van der Waals surface area contributed by atoms with Gasteiger partial charge in [0.05, 0.1) is 6.10 Å². The third-order valence-electron chi connectivity index (χ3n) is 5.69. The molecule has 6 atom stereocenters. The third-order valence-corrected chi connectivity index (χ3v) is 5.69. The van der Waals surface area contributed by atoms with E-state index in [1.54, 1.807) is 0 Å². The maximum Gasteiger partial charge on any atom is 0.0583 e. The molecule has 18 heavy (non-hydrogen) atoms. The highest BCUT2D eigenvalue weighted by Crippen LogP contribution is 2.39. The van der Waals surface area contributed by atoms with Crippen LogP contribution in [0.2, 0.25) is 0 Å². The molecule has 6 unspecified atom stereocenters. The van der Waals surface area contributed by atoms with Crippen molar-refractivity contribution in [3.63, 3.8) is 0 Å². The van der Waals surface area contributed by atoms with Crippen molar-refractivity contribution in [1.82, 2.24) is 4.90 Å². The molecule has 0 spiro atoms. The highest BCUT2D eigenvalue weighted by atomic mass is 16.3. The topological polar surface area (TPSA) is 49.5 Å². The minimum absolute atomic E-state index is 0.0287. The normalized spacial score (nSPS) is 49.5. The molecule has 3 N–H and O–H groups in total. The van der Waals surface area contributed by atoms with Crippen LogP contribution >= 0.6 is 0 Å². The molecule has 1 aliphatic heterocycles. The standard InChI is InChI=1S/C15H28N2O/c1-10-2-4-14(16)12(6-10)8-17-7-11-3-5-15(18)13(11)9-17/h10-15,18H,2-9,16H2,1H3. The molecular formula is C15H28N2O. The van der Waals surface area contributed by atoms with Crippen LogP contribution in [0.4, 0.5) is 0 Å². The molecule has 3 aliphatic rings. The molecule has 0 radical (unpaired) electrons. The van der Waals surface area contributed by atoms with Gasteiger partial charge in [0.2, 0.25) is 0 Å². The molecule has 3 nitrogen and oxygen atoms in total. The number of aliphatic hydroxyl groups is 1. The average molecular weight is 252 g/mol. The molecule has 2 aliphatic carbocycles. The molecule has 3 heteroatoms. The summed E-state index contributed by atoms with van der Waals surface area (Å²) in [6.07, 6.45) is 6.05. The molecule has 0 amide bonds. The van der Waals surface area contributed by atoms with Gasteiger partial charge in [0.1, 0.15) is 0 Å². The number of hydrogen-bond acceptors (Lipinski definition) is 3. The van der Waals surface area contributed by atoms with E-state index in [9.17, 15) is 5.11 Å². The maximum atomic E-state index is 9.97. The van der Waals surface area contributed by atoms with Gasteiger partial charge < -0.3 is 15.7 Å². The van der Waals surface area contributed by atoms with E-state index in [2.05, 4.69) is 11.8 Å². The molecule has 0 bridgehead atoms. The first-order valence-corrected chi connectivity index (χ1v) is 7.79. The lowest BCUT2D eigenvalue weighted by Gasteiger charge is -2.35. The first kappa shape index (κ1) is 12.9. The Morgan fingerprint density at radius 1 is 1.17 bits per heavy atom. The van der Waals surface area contributed by atoms with Crippen molar-refractivity contribution < 1.29 is 5.11 Å². The van der Waals surface area contributed by atoms with Gasteiger partial charge in [-0.15, -0.1) is 0 Å². The Morgan fingerprint density at radius 2 is 2.00 bits per heavy atom. The minimum Gasteiger partial charge on any atom is -0.393 e. The minimum atomic E-state index is -0.0287. The molecule has 0 aromatic heterocycles. The van der Waals surface area contributed by atoms with E-state index in [1.807, 2.05) is 0 Å². The van der Waals surface area contributed by atoms with Crippen LogP contribution in [0.1, 0.15) is 39.0 Å². The maximum absolute atomic E-state index is 9.97. The number of nitrogens with two attached hydrogens (primary N) is 1. The van der Waals surface area contributed by atoms with E-state index < -0.39 is 0 Å². The predicted octanol–water partition coefficient (Wildman–Crippen LogP) is 1.45. The van der Waals surface area contributed by atoms with Crippen LogP contribution < -0.4 is 5.73 Å². The van der Waals surface area contributed by atoms with Gasteiger partial charge in [-0.2, -0.15) is 0 Å². The van der Waals surface area contributed by atoms with E-state index in [4.69, 9.17) is 5.73 Å². The van der Waals surface area contributed by atoms with E-state index in [-0.39, 0.29) is 6.10 Å². The lowest BCUT2D eigenvalue weighted by Crippen LogP contribution is -2.42. The summed E-state index contributed by atoms with van der Waals surface area (Å²) in [5, 5.41) is 9.97. The summed E-state index contributed by atoms with van der Waals surface area (Å²) in [6, 6.07) is 0.409. The van der Waals surface area contributed by atoms with Gasteiger partial charge in [0, 0.05) is 31.6 Å². The number of rotatable bonds is 2. The van der Waals surface area contributed by atoms with E-state index in [1.165, 1.54) is 38.8 Å². The van der Waals surface area contributed by atoms with Crippen molar-refractivity contribution in [2.24, 2.45) is 29.4 Å². The van der Waals surface area contributed by atoms with E-state index >= 15 is 0 Å². The zero-order valence-corrected chi connectivity index (χ0v) is 11.6. The molecule has 1 saturated heterocycles. The van der Waals surface area contributed by atoms with Crippen molar-refractivity contribution in [3.8, 4) is 0 Å². The quantitative estimate of drug-likeness (QED) is 0.782. The van der Waals surface area contributed by atoms with Crippen LogP contribution in [-0.4, -0.2) is 41.8 Å². The lowest BCUT2D eigenvalue weighted by molar-refractivity contribution is 0.117. The van der Waals surface area contributed by atoms with Gasteiger partial charge >= 0.3 is 0 Å². The predicted molar refractivity (Wildman–Crippen MR) is 73.1 cm³/mol. The highest BCUT2D eigenvalue weighted by Gasteiger charge is 2.42. The summed E-state index contributed by atoms with van der Waals surface area (Å²) in [5.74, 6) is 2.85.